The monoisotopic (exact) mass is 287 g/mol. The lowest BCUT2D eigenvalue weighted by Crippen LogP contribution is -2.32. The van der Waals surface area contributed by atoms with Crippen LogP contribution in [0, 0.1) is 5.41 Å². The zero-order valence-electron chi connectivity index (χ0n) is 12.3. The normalized spacial score (nSPS) is 15.9. The van der Waals surface area contributed by atoms with Crippen molar-refractivity contribution in [3.05, 3.63) is 36.4 Å². The summed E-state index contributed by atoms with van der Waals surface area (Å²) >= 11 is 0. The standard InChI is InChI=1S/C15H21N5O/c1-19-13(5-9-17-19)3-4-14(21)16-11-15(6-7-15)12-20-10-2-8-18-20/h2,5,8-10H,3-4,6-7,11-12H2,1H3,(H,16,21). The molecular formula is C15H21N5O. The predicted molar refractivity (Wildman–Crippen MR) is 78.4 cm³/mol. The van der Waals surface area contributed by atoms with E-state index in [1.54, 1.807) is 12.4 Å². The van der Waals surface area contributed by atoms with Crippen molar-refractivity contribution in [2.75, 3.05) is 6.54 Å². The predicted octanol–water partition coefficient (Wildman–Crippen LogP) is 1.15. The van der Waals surface area contributed by atoms with Gasteiger partial charge in [0.15, 0.2) is 0 Å². The van der Waals surface area contributed by atoms with Crippen LogP contribution in [0.25, 0.3) is 0 Å². The summed E-state index contributed by atoms with van der Waals surface area (Å²) in [6.45, 7) is 1.64. The second-order valence-electron chi connectivity index (χ2n) is 5.93. The molecule has 1 fully saturated rings. The fourth-order valence-corrected chi connectivity index (χ4v) is 2.57. The Labute approximate surface area is 124 Å². The van der Waals surface area contributed by atoms with Gasteiger partial charge < -0.3 is 5.32 Å². The molecule has 1 amide bonds. The van der Waals surface area contributed by atoms with Gasteiger partial charge in [0.05, 0.1) is 0 Å². The molecule has 1 aliphatic rings. The van der Waals surface area contributed by atoms with E-state index in [9.17, 15) is 4.79 Å². The quantitative estimate of drug-likeness (QED) is 0.830. The van der Waals surface area contributed by atoms with Crippen molar-refractivity contribution in [2.24, 2.45) is 12.5 Å². The van der Waals surface area contributed by atoms with Gasteiger partial charge in [0.25, 0.3) is 0 Å². The first-order chi connectivity index (χ1) is 10.2. The molecule has 6 nitrogen and oxygen atoms in total. The second kappa shape index (κ2) is 5.71. The minimum absolute atomic E-state index is 0.114. The molecule has 0 saturated heterocycles. The summed E-state index contributed by atoms with van der Waals surface area (Å²) in [5.41, 5.74) is 1.30. The first-order valence-electron chi connectivity index (χ1n) is 7.38. The van der Waals surface area contributed by atoms with Crippen molar-refractivity contribution in [3.63, 3.8) is 0 Å². The van der Waals surface area contributed by atoms with E-state index in [0.717, 1.165) is 38.0 Å². The van der Waals surface area contributed by atoms with Crippen molar-refractivity contribution in [1.29, 1.82) is 0 Å². The Morgan fingerprint density at radius 2 is 2.24 bits per heavy atom. The minimum atomic E-state index is 0.114. The highest BCUT2D eigenvalue weighted by Gasteiger charge is 2.43. The molecule has 1 saturated carbocycles. The van der Waals surface area contributed by atoms with Gasteiger partial charge in [0.1, 0.15) is 0 Å². The van der Waals surface area contributed by atoms with Gasteiger partial charge in [-0.1, -0.05) is 0 Å². The lowest BCUT2D eigenvalue weighted by Gasteiger charge is -2.16. The fraction of sp³-hybridized carbons (Fsp3) is 0.533. The van der Waals surface area contributed by atoms with E-state index in [4.69, 9.17) is 0 Å². The number of nitrogens with zero attached hydrogens (tertiary/aromatic N) is 4. The SMILES string of the molecule is Cn1nccc1CCC(=O)NCC1(Cn2cccn2)CC1. The summed E-state index contributed by atoms with van der Waals surface area (Å²) in [6.07, 6.45) is 9.10. The Morgan fingerprint density at radius 1 is 1.38 bits per heavy atom. The molecule has 0 unspecified atom stereocenters. The van der Waals surface area contributed by atoms with E-state index in [-0.39, 0.29) is 11.3 Å². The molecule has 1 N–H and O–H groups in total. The number of carbonyl (C=O) groups is 1. The maximum atomic E-state index is 12.0. The summed E-state index contributed by atoms with van der Waals surface area (Å²) in [5, 5.41) is 11.4. The van der Waals surface area contributed by atoms with Gasteiger partial charge in [-0.25, -0.2) is 0 Å². The molecule has 21 heavy (non-hydrogen) atoms. The molecule has 0 atom stereocenters. The zero-order valence-corrected chi connectivity index (χ0v) is 12.3. The van der Waals surface area contributed by atoms with Crippen LogP contribution in [0.2, 0.25) is 0 Å². The highest BCUT2D eigenvalue weighted by molar-refractivity contribution is 5.76. The summed E-state index contributed by atoms with van der Waals surface area (Å²) in [6, 6.07) is 3.88. The molecular weight excluding hydrogens is 266 g/mol. The third-order valence-electron chi connectivity index (χ3n) is 4.20. The first-order valence-corrected chi connectivity index (χ1v) is 7.38. The van der Waals surface area contributed by atoms with Gasteiger partial charge in [-0.05, 0) is 31.4 Å². The molecule has 0 bridgehead atoms. The molecule has 6 heteroatoms. The highest BCUT2D eigenvalue weighted by Crippen LogP contribution is 2.46. The lowest BCUT2D eigenvalue weighted by atomic mass is 10.1. The molecule has 2 heterocycles. The molecule has 2 aromatic heterocycles. The van der Waals surface area contributed by atoms with Gasteiger partial charge in [0, 0.05) is 56.3 Å². The number of hydrogen-bond acceptors (Lipinski definition) is 3. The molecule has 3 rings (SSSR count). The third kappa shape index (κ3) is 3.51. The topological polar surface area (TPSA) is 64.7 Å². The number of aromatic nitrogens is 4. The summed E-state index contributed by atoms with van der Waals surface area (Å²) in [7, 11) is 1.90. The Hall–Kier alpha value is -2.11. The van der Waals surface area contributed by atoms with Crippen molar-refractivity contribution >= 4 is 5.91 Å². The van der Waals surface area contributed by atoms with Gasteiger partial charge in [-0.2, -0.15) is 10.2 Å². The molecule has 2 aromatic rings. The number of carbonyl (C=O) groups excluding carboxylic acids is 1. The van der Waals surface area contributed by atoms with E-state index in [2.05, 4.69) is 15.5 Å². The largest absolute Gasteiger partial charge is 0.355 e. The Balaban J connectivity index is 1.42. The molecule has 1 aliphatic carbocycles. The van der Waals surface area contributed by atoms with E-state index in [1.807, 2.05) is 34.7 Å². The van der Waals surface area contributed by atoms with Gasteiger partial charge in [0.2, 0.25) is 5.91 Å². The van der Waals surface area contributed by atoms with Crippen LogP contribution in [0.1, 0.15) is 25.0 Å². The van der Waals surface area contributed by atoms with Crippen LogP contribution in [0.4, 0.5) is 0 Å². The number of amides is 1. The van der Waals surface area contributed by atoms with E-state index >= 15 is 0 Å². The zero-order chi connectivity index (χ0) is 14.7. The average molecular weight is 287 g/mol. The van der Waals surface area contributed by atoms with Gasteiger partial charge >= 0.3 is 0 Å². The smallest absolute Gasteiger partial charge is 0.220 e. The molecule has 0 aliphatic heterocycles. The van der Waals surface area contributed by atoms with Crippen molar-refractivity contribution in [3.8, 4) is 0 Å². The van der Waals surface area contributed by atoms with Gasteiger partial charge in [-0.3, -0.25) is 14.2 Å². The van der Waals surface area contributed by atoms with Crippen LogP contribution in [-0.4, -0.2) is 32.0 Å². The Bertz CT molecular complexity index is 597. The van der Waals surface area contributed by atoms with Gasteiger partial charge in [-0.15, -0.1) is 0 Å². The third-order valence-corrected chi connectivity index (χ3v) is 4.20. The summed E-state index contributed by atoms with van der Waals surface area (Å²) in [5.74, 6) is 0.114. The summed E-state index contributed by atoms with van der Waals surface area (Å²) < 4.78 is 3.77. The van der Waals surface area contributed by atoms with Crippen molar-refractivity contribution in [2.45, 2.75) is 32.2 Å². The van der Waals surface area contributed by atoms with E-state index < -0.39 is 0 Å². The van der Waals surface area contributed by atoms with Crippen LogP contribution in [0.3, 0.4) is 0 Å². The average Bonchev–Trinajstić information content (AvgIpc) is 2.85. The minimum Gasteiger partial charge on any atom is -0.355 e. The molecule has 0 spiro atoms. The maximum absolute atomic E-state index is 12.0. The van der Waals surface area contributed by atoms with Crippen LogP contribution >= 0.6 is 0 Å². The van der Waals surface area contributed by atoms with Crippen LogP contribution in [-0.2, 0) is 24.8 Å². The van der Waals surface area contributed by atoms with Crippen LogP contribution in [0.15, 0.2) is 30.7 Å². The number of rotatable bonds is 7. The Morgan fingerprint density at radius 3 is 2.86 bits per heavy atom. The van der Waals surface area contributed by atoms with Crippen molar-refractivity contribution in [1.82, 2.24) is 24.9 Å². The number of nitrogens with one attached hydrogen (secondary N) is 1. The first kappa shape index (κ1) is 13.9. The Kier molecular flexibility index (Phi) is 3.77. The van der Waals surface area contributed by atoms with Crippen molar-refractivity contribution < 1.29 is 4.79 Å². The maximum Gasteiger partial charge on any atom is 0.220 e. The lowest BCUT2D eigenvalue weighted by molar-refractivity contribution is -0.121. The fourth-order valence-electron chi connectivity index (χ4n) is 2.57. The highest BCUT2D eigenvalue weighted by atomic mass is 16.1. The van der Waals surface area contributed by atoms with E-state index in [0.29, 0.717) is 6.42 Å². The molecule has 0 radical (unpaired) electrons. The van der Waals surface area contributed by atoms with E-state index in [1.165, 1.54) is 0 Å². The molecule has 112 valence electrons. The number of aryl methyl sites for hydroxylation is 2. The van der Waals surface area contributed by atoms with Crippen LogP contribution < -0.4 is 5.32 Å². The second-order valence-corrected chi connectivity index (χ2v) is 5.93. The summed E-state index contributed by atoms with van der Waals surface area (Å²) in [4.78, 5) is 12.0. The number of hydrogen-bond donors (Lipinski definition) is 1. The molecule has 0 aromatic carbocycles. The van der Waals surface area contributed by atoms with Crippen LogP contribution in [0.5, 0.6) is 0 Å².